The second-order valence-electron chi connectivity index (χ2n) is 8.38. The average Bonchev–Trinajstić information content (AvgIpc) is 3.30. The van der Waals surface area contributed by atoms with Crippen molar-refractivity contribution in [3.8, 4) is 5.69 Å². The quantitative estimate of drug-likeness (QED) is 0.653. The summed E-state index contributed by atoms with van der Waals surface area (Å²) < 4.78 is 32.7. The predicted octanol–water partition coefficient (Wildman–Crippen LogP) is 3.11. The predicted molar refractivity (Wildman–Crippen MR) is 112 cm³/mol. The molecule has 0 spiro atoms. The molecule has 2 aliphatic carbocycles. The minimum atomic E-state index is -3.58. The van der Waals surface area contributed by atoms with Gasteiger partial charge in [-0.15, -0.1) is 10.2 Å². The molecule has 2 saturated carbocycles. The molecule has 0 bridgehead atoms. The standard InChI is InChI=1S/C21H26N6O2S/c1-15-23-22-14-26(15)19-4-2-3-17(13-19)25-30(28,29)20-9-7-18(8-10-20)27-12-11-21(24-27)16-5-6-16/h7-12,14,16-17,19,25H,2-6,13H2,1H3. The summed E-state index contributed by atoms with van der Waals surface area (Å²) in [5.41, 5.74) is 1.98. The monoisotopic (exact) mass is 426 g/mol. The maximum absolute atomic E-state index is 12.9. The maximum Gasteiger partial charge on any atom is 0.240 e. The fraction of sp³-hybridized carbons (Fsp3) is 0.476. The Bertz CT molecular complexity index is 1130. The summed E-state index contributed by atoms with van der Waals surface area (Å²) in [5.74, 6) is 1.46. The van der Waals surface area contributed by atoms with E-state index in [1.165, 1.54) is 12.8 Å². The van der Waals surface area contributed by atoms with Crippen LogP contribution in [0.15, 0.2) is 47.8 Å². The molecule has 2 aromatic heterocycles. The van der Waals surface area contributed by atoms with Crippen LogP contribution < -0.4 is 4.72 Å². The fourth-order valence-electron chi connectivity index (χ4n) is 4.33. The number of aryl methyl sites for hydroxylation is 1. The van der Waals surface area contributed by atoms with Gasteiger partial charge in [-0.25, -0.2) is 17.8 Å². The van der Waals surface area contributed by atoms with Crippen molar-refractivity contribution in [1.82, 2.24) is 29.3 Å². The molecule has 2 aliphatic rings. The summed E-state index contributed by atoms with van der Waals surface area (Å²) in [6.07, 6.45) is 9.65. The molecule has 2 atom stereocenters. The summed E-state index contributed by atoms with van der Waals surface area (Å²) in [6.45, 7) is 1.93. The molecule has 5 rings (SSSR count). The SMILES string of the molecule is Cc1nncn1C1CCCC(NS(=O)(=O)c2ccc(-n3ccc(C4CC4)n3)cc2)C1. The highest BCUT2D eigenvalue weighted by atomic mass is 32.2. The Hall–Kier alpha value is -2.52. The molecule has 2 unspecified atom stereocenters. The van der Waals surface area contributed by atoms with Gasteiger partial charge in [0.2, 0.25) is 10.0 Å². The molecule has 9 heteroatoms. The largest absolute Gasteiger partial charge is 0.315 e. The van der Waals surface area contributed by atoms with Crippen LogP contribution in [0.2, 0.25) is 0 Å². The van der Waals surface area contributed by atoms with E-state index in [2.05, 4.69) is 24.6 Å². The lowest BCUT2D eigenvalue weighted by Gasteiger charge is -2.30. The summed E-state index contributed by atoms with van der Waals surface area (Å²) >= 11 is 0. The van der Waals surface area contributed by atoms with Crippen LogP contribution in [0.25, 0.3) is 5.69 Å². The van der Waals surface area contributed by atoms with Crippen LogP contribution in [-0.2, 0) is 10.0 Å². The maximum atomic E-state index is 12.9. The Morgan fingerprint density at radius 3 is 2.57 bits per heavy atom. The van der Waals surface area contributed by atoms with Crippen LogP contribution in [-0.4, -0.2) is 39.0 Å². The lowest BCUT2D eigenvalue weighted by atomic mass is 9.91. The molecule has 0 amide bonds. The van der Waals surface area contributed by atoms with Crippen molar-refractivity contribution < 1.29 is 8.42 Å². The van der Waals surface area contributed by atoms with Gasteiger partial charge in [-0.3, -0.25) is 0 Å². The van der Waals surface area contributed by atoms with Gasteiger partial charge in [0.1, 0.15) is 12.2 Å². The smallest absolute Gasteiger partial charge is 0.240 e. The van der Waals surface area contributed by atoms with E-state index in [1.807, 2.05) is 36.0 Å². The molecule has 8 nitrogen and oxygen atoms in total. The van der Waals surface area contributed by atoms with Crippen molar-refractivity contribution in [2.75, 3.05) is 0 Å². The highest BCUT2D eigenvalue weighted by Crippen LogP contribution is 2.39. The van der Waals surface area contributed by atoms with Gasteiger partial charge in [0.05, 0.1) is 16.3 Å². The van der Waals surface area contributed by atoms with Gasteiger partial charge in [-0.05, 0) is 75.8 Å². The Morgan fingerprint density at radius 1 is 1.07 bits per heavy atom. The number of aromatic nitrogens is 5. The highest BCUT2D eigenvalue weighted by Gasteiger charge is 2.28. The third kappa shape index (κ3) is 3.91. The van der Waals surface area contributed by atoms with Gasteiger partial charge >= 0.3 is 0 Å². The Balaban J connectivity index is 1.28. The summed E-state index contributed by atoms with van der Waals surface area (Å²) in [6, 6.07) is 9.10. The molecule has 3 aromatic rings. The number of nitrogens with zero attached hydrogens (tertiary/aromatic N) is 5. The van der Waals surface area contributed by atoms with Gasteiger partial charge in [0.15, 0.2) is 0 Å². The van der Waals surface area contributed by atoms with E-state index in [-0.39, 0.29) is 17.0 Å². The van der Waals surface area contributed by atoms with Crippen molar-refractivity contribution in [3.05, 3.63) is 54.4 Å². The highest BCUT2D eigenvalue weighted by molar-refractivity contribution is 7.89. The molecule has 0 radical (unpaired) electrons. The summed E-state index contributed by atoms with van der Waals surface area (Å²) in [5, 5.41) is 12.6. The van der Waals surface area contributed by atoms with E-state index in [0.29, 0.717) is 5.92 Å². The zero-order valence-electron chi connectivity index (χ0n) is 17.0. The van der Waals surface area contributed by atoms with Crippen molar-refractivity contribution >= 4 is 10.0 Å². The van der Waals surface area contributed by atoms with Gasteiger partial charge in [0, 0.05) is 24.2 Å². The topological polar surface area (TPSA) is 94.7 Å². The van der Waals surface area contributed by atoms with Crippen LogP contribution in [0.3, 0.4) is 0 Å². The van der Waals surface area contributed by atoms with E-state index in [0.717, 1.165) is 42.9 Å². The minimum Gasteiger partial charge on any atom is -0.315 e. The van der Waals surface area contributed by atoms with Gasteiger partial charge in [-0.1, -0.05) is 0 Å². The van der Waals surface area contributed by atoms with Crippen molar-refractivity contribution in [2.24, 2.45) is 0 Å². The van der Waals surface area contributed by atoms with E-state index in [9.17, 15) is 8.42 Å². The van der Waals surface area contributed by atoms with Crippen LogP contribution in [0, 0.1) is 6.92 Å². The Kier molecular flexibility index (Phi) is 4.94. The lowest BCUT2D eigenvalue weighted by molar-refractivity contribution is 0.302. The van der Waals surface area contributed by atoms with Crippen molar-refractivity contribution in [1.29, 1.82) is 0 Å². The molecule has 30 heavy (non-hydrogen) atoms. The molecular formula is C21H26N6O2S. The minimum absolute atomic E-state index is 0.0950. The van der Waals surface area contributed by atoms with Crippen LogP contribution in [0.4, 0.5) is 0 Å². The lowest BCUT2D eigenvalue weighted by Crippen LogP contribution is -2.38. The van der Waals surface area contributed by atoms with E-state index < -0.39 is 10.0 Å². The Morgan fingerprint density at radius 2 is 1.87 bits per heavy atom. The van der Waals surface area contributed by atoms with Gasteiger partial charge in [0.25, 0.3) is 0 Å². The second-order valence-corrected chi connectivity index (χ2v) is 10.1. The third-order valence-corrected chi connectivity index (χ3v) is 7.67. The zero-order valence-corrected chi connectivity index (χ0v) is 17.8. The third-order valence-electron chi connectivity index (χ3n) is 6.13. The number of rotatable bonds is 6. The summed E-state index contributed by atoms with van der Waals surface area (Å²) in [4.78, 5) is 0.281. The number of benzene rings is 1. The van der Waals surface area contributed by atoms with Crippen molar-refractivity contribution in [2.45, 2.75) is 68.3 Å². The molecule has 1 aromatic carbocycles. The first-order valence-electron chi connectivity index (χ1n) is 10.5. The normalized spacial score (nSPS) is 22.3. The van der Waals surface area contributed by atoms with Crippen molar-refractivity contribution in [3.63, 3.8) is 0 Å². The van der Waals surface area contributed by atoms with E-state index in [1.54, 1.807) is 18.5 Å². The number of hydrogen-bond donors (Lipinski definition) is 1. The van der Waals surface area contributed by atoms with Crippen LogP contribution in [0.1, 0.15) is 62.0 Å². The second kappa shape index (κ2) is 7.63. The first kappa shape index (κ1) is 19.4. The molecule has 158 valence electrons. The number of hydrogen-bond acceptors (Lipinski definition) is 5. The average molecular weight is 427 g/mol. The first-order chi connectivity index (χ1) is 14.5. The molecule has 0 aliphatic heterocycles. The molecule has 2 fully saturated rings. The molecule has 2 heterocycles. The number of nitrogens with one attached hydrogen (secondary N) is 1. The molecule has 0 saturated heterocycles. The fourth-order valence-corrected chi connectivity index (χ4v) is 5.61. The number of sulfonamides is 1. The van der Waals surface area contributed by atoms with E-state index >= 15 is 0 Å². The summed E-state index contributed by atoms with van der Waals surface area (Å²) in [7, 11) is -3.58. The molecular weight excluding hydrogens is 400 g/mol. The molecule has 1 N–H and O–H groups in total. The van der Waals surface area contributed by atoms with Crippen LogP contribution in [0.5, 0.6) is 0 Å². The zero-order chi connectivity index (χ0) is 20.7. The van der Waals surface area contributed by atoms with Gasteiger partial charge in [-0.2, -0.15) is 5.10 Å². The first-order valence-corrected chi connectivity index (χ1v) is 12.0. The van der Waals surface area contributed by atoms with Gasteiger partial charge < -0.3 is 4.57 Å². The Labute approximate surface area is 176 Å². The van der Waals surface area contributed by atoms with Crippen LogP contribution >= 0.6 is 0 Å². The van der Waals surface area contributed by atoms with E-state index in [4.69, 9.17) is 0 Å².